The van der Waals surface area contributed by atoms with E-state index in [1.54, 1.807) is 12.1 Å². The number of ether oxygens (including phenoxy) is 1. The molecule has 0 aliphatic carbocycles. The molecule has 0 aromatic heterocycles. The van der Waals surface area contributed by atoms with Gasteiger partial charge in [0.2, 0.25) is 0 Å². The number of hydrogen-bond donors (Lipinski definition) is 0. The fourth-order valence-corrected chi connectivity index (χ4v) is 2.82. The Morgan fingerprint density at radius 2 is 1.58 bits per heavy atom. The quantitative estimate of drug-likeness (QED) is 0.337. The number of non-ortho nitro benzene ring substituents is 2. The van der Waals surface area contributed by atoms with Crippen molar-refractivity contribution in [2.45, 2.75) is 9.65 Å². The molecule has 0 saturated carbocycles. The molecular formula is C15H12Br2N2O5. The van der Waals surface area contributed by atoms with Crippen LogP contribution >= 0.6 is 31.9 Å². The van der Waals surface area contributed by atoms with Crippen molar-refractivity contribution in [1.82, 2.24) is 0 Å². The van der Waals surface area contributed by atoms with E-state index in [-0.39, 0.29) is 27.6 Å². The second-order valence-corrected chi connectivity index (χ2v) is 6.99. The van der Waals surface area contributed by atoms with Crippen LogP contribution < -0.4 is 4.74 Å². The summed E-state index contributed by atoms with van der Waals surface area (Å²) >= 11 is 6.99. The fraction of sp³-hybridized carbons (Fsp3) is 0.200. The van der Waals surface area contributed by atoms with E-state index in [0.29, 0.717) is 5.75 Å². The van der Waals surface area contributed by atoms with E-state index >= 15 is 0 Å². The number of nitro groups is 2. The van der Waals surface area contributed by atoms with E-state index in [4.69, 9.17) is 4.74 Å². The molecule has 0 unspecified atom stereocenters. The smallest absolute Gasteiger partial charge is 0.269 e. The highest BCUT2D eigenvalue weighted by Crippen LogP contribution is 2.33. The first-order chi connectivity index (χ1) is 11.4. The number of nitrogens with zero attached hydrogens (tertiary/aromatic N) is 2. The Morgan fingerprint density at radius 1 is 0.958 bits per heavy atom. The zero-order valence-corrected chi connectivity index (χ0v) is 15.3. The van der Waals surface area contributed by atoms with E-state index in [0.717, 1.165) is 5.56 Å². The van der Waals surface area contributed by atoms with E-state index in [1.807, 2.05) is 0 Å². The number of benzene rings is 2. The largest absolute Gasteiger partial charge is 0.492 e. The molecule has 9 heteroatoms. The van der Waals surface area contributed by atoms with Crippen molar-refractivity contribution in [1.29, 1.82) is 0 Å². The van der Waals surface area contributed by atoms with Gasteiger partial charge in [-0.2, -0.15) is 0 Å². The third-order valence-electron chi connectivity index (χ3n) is 3.17. The molecule has 0 aliphatic heterocycles. The van der Waals surface area contributed by atoms with Gasteiger partial charge in [0.15, 0.2) is 0 Å². The molecule has 0 N–H and O–H groups in total. The van der Waals surface area contributed by atoms with Crippen LogP contribution in [0.25, 0.3) is 0 Å². The molecule has 0 amide bonds. The Hall–Kier alpha value is -2.00. The highest BCUT2D eigenvalue weighted by Gasteiger charge is 2.20. The Bertz CT molecular complexity index is 739. The minimum absolute atomic E-state index is 0.00675. The van der Waals surface area contributed by atoms with Gasteiger partial charge < -0.3 is 4.74 Å². The van der Waals surface area contributed by atoms with E-state index in [9.17, 15) is 20.2 Å². The summed E-state index contributed by atoms with van der Waals surface area (Å²) < 4.78 is 5.59. The summed E-state index contributed by atoms with van der Waals surface area (Å²) in [6.07, 6.45) is 0. The second kappa shape index (κ2) is 8.20. The first-order valence-corrected chi connectivity index (χ1v) is 8.61. The van der Waals surface area contributed by atoms with Gasteiger partial charge in [-0.05, 0) is 17.7 Å². The number of halogens is 2. The van der Waals surface area contributed by atoms with Crippen LogP contribution in [-0.2, 0) is 0 Å². The predicted molar refractivity (Wildman–Crippen MR) is 96.1 cm³/mol. The molecule has 0 fully saturated rings. The van der Waals surface area contributed by atoms with Gasteiger partial charge in [0.25, 0.3) is 11.4 Å². The van der Waals surface area contributed by atoms with Crippen molar-refractivity contribution >= 4 is 43.2 Å². The molecule has 2 atom stereocenters. The number of hydrogen-bond acceptors (Lipinski definition) is 5. The monoisotopic (exact) mass is 458 g/mol. The van der Waals surface area contributed by atoms with Gasteiger partial charge in [-0.3, -0.25) is 20.2 Å². The summed E-state index contributed by atoms with van der Waals surface area (Å²) in [5, 5.41) is 21.4. The molecular weight excluding hydrogens is 448 g/mol. The molecule has 0 spiro atoms. The van der Waals surface area contributed by atoms with E-state index in [2.05, 4.69) is 31.9 Å². The lowest BCUT2D eigenvalue weighted by Gasteiger charge is -2.17. The number of rotatable bonds is 7. The van der Waals surface area contributed by atoms with E-state index in [1.165, 1.54) is 36.4 Å². The van der Waals surface area contributed by atoms with Crippen molar-refractivity contribution in [2.24, 2.45) is 0 Å². The maximum Gasteiger partial charge on any atom is 0.269 e. The maximum atomic E-state index is 10.8. The molecule has 2 aromatic carbocycles. The normalized spacial score (nSPS) is 13.1. The fourth-order valence-electron chi connectivity index (χ4n) is 1.94. The van der Waals surface area contributed by atoms with Gasteiger partial charge in [0, 0.05) is 24.3 Å². The van der Waals surface area contributed by atoms with Crippen molar-refractivity contribution < 1.29 is 14.6 Å². The van der Waals surface area contributed by atoms with Crippen LogP contribution in [-0.4, -0.2) is 21.3 Å². The average molecular weight is 460 g/mol. The summed E-state index contributed by atoms with van der Waals surface area (Å²) in [6.45, 7) is 0.274. The lowest BCUT2D eigenvalue weighted by molar-refractivity contribution is -0.385. The summed E-state index contributed by atoms with van der Waals surface area (Å²) in [7, 11) is 0. The van der Waals surface area contributed by atoms with Gasteiger partial charge >= 0.3 is 0 Å². The third-order valence-corrected chi connectivity index (χ3v) is 5.84. The molecule has 0 aliphatic rings. The molecule has 0 heterocycles. The molecule has 24 heavy (non-hydrogen) atoms. The van der Waals surface area contributed by atoms with E-state index < -0.39 is 9.85 Å². The van der Waals surface area contributed by atoms with Crippen LogP contribution in [0.3, 0.4) is 0 Å². The van der Waals surface area contributed by atoms with Crippen LogP contribution in [0.2, 0.25) is 0 Å². The van der Waals surface area contributed by atoms with Crippen LogP contribution in [0.1, 0.15) is 10.4 Å². The lowest BCUT2D eigenvalue weighted by atomic mass is 10.1. The van der Waals surface area contributed by atoms with Crippen molar-refractivity contribution in [3.63, 3.8) is 0 Å². The van der Waals surface area contributed by atoms with Crippen LogP contribution in [0.5, 0.6) is 5.75 Å². The first-order valence-electron chi connectivity index (χ1n) is 6.78. The number of alkyl halides is 2. The first kappa shape index (κ1) is 18.3. The van der Waals surface area contributed by atoms with Gasteiger partial charge in [-0.15, -0.1) is 0 Å². The maximum absolute atomic E-state index is 10.8. The summed E-state index contributed by atoms with van der Waals surface area (Å²) in [5.41, 5.74) is 0.763. The molecule has 0 saturated heterocycles. The minimum atomic E-state index is -0.478. The average Bonchev–Trinajstić information content (AvgIpc) is 2.59. The highest BCUT2D eigenvalue weighted by atomic mass is 79.9. The Kier molecular flexibility index (Phi) is 6.27. The third kappa shape index (κ3) is 4.75. The summed E-state index contributed by atoms with van der Waals surface area (Å²) in [5.74, 6) is 0.504. The van der Waals surface area contributed by atoms with Gasteiger partial charge in [0.1, 0.15) is 12.4 Å². The zero-order valence-electron chi connectivity index (χ0n) is 12.2. The Labute approximate surface area is 154 Å². The molecule has 2 rings (SSSR count). The van der Waals surface area contributed by atoms with Crippen molar-refractivity contribution in [3.05, 3.63) is 74.3 Å². The predicted octanol–water partition coefficient (Wildman–Crippen LogP) is 4.78. The SMILES string of the molecule is O=[N+]([O-])c1ccc(OC[C@@H](Br)[C@@H](Br)c2cccc([N+](=O)[O-])c2)cc1. The lowest BCUT2D eigenvalue weighted by Crippen LogP contribution is -2.16. The highest BCUT2D eigenvalue weighted by molar-refractivity contribution is 9.12. The molecule has 2 aromatic rings. The van der Waals surface area contributed by atoms with Crippen LogP contribution in [0.4, 0.5) is 11.4 Å². The summed E-state index contributed by atoms with van der Waals surface area (Å²) in [4.78, 5) is 20.2. The van der Waals surface area contributed by atoms with Crippen molar-refractivity contribution in [3.8, 4) is 5.75 Å². The standard InChI is InChI=1S/C15H12Br2N2O5/c16-14(9-24-13-6-4-11(5-7-13)18(20)21)15(17)10-2-1-3-12(8-10)19(22)23/h1-8,14-15H,9H2/t14-,15+/m1/s1. The molecule has 7 nitrogen and oxygen atoms in total. The van der Waals surface area contributed by atoms with Crippen LogP contribution in [0, 0.1) is 20.2 Å². The Balaban J connectivity index is 1.98. The molecule has 0 radical (unpaired) electrons. The van der Waals surface area contributed by atoms with Gasteiger partial charge in [-0.1, -0.05) is 44.0 Å². The molecule has 126 valence electrons. The van der Waals surface area contributed by atoms with Gasteiger partial charge in [0.05, 0.1) is 19.5 Å². The second-order valence-electron chi connectivity index (χ2n) is 4.83. The molecule has 0 bridgehead atoms. The summed E-state index contributed by atoms with van der Waals surface area (Å²) in [6, 6.07) is 12.1. The minimum Gasteiger partial charge on any atom is -0.492 e. The van der Waals surface area contributed by atoms with Crippen LogP contribution in [0.15, 0.2) is 48.5 Å². The number of nitro benzene ring substituents is 2. The van der Waals surface area contributed by atoms with Crippen molar-refractivity contribution in [2.75, 3.05) is 6.61 Å². The topological polar surface area (TPSA) is 95.5 Å². The zero-order chi connectivity index (χ0) is 17.7. The van der Waals surface area contributed by atoms with Gasteiger partial charge in [-0.25, -0.2) is 0 Å². The Morgan fingerprint density at radius 3 is 2.17 bits per heavy atom.